The Morgan fingerprint density at radius 1 is 1.26 bits per heavy atom. The van der Waals surface area contributed by atoms with Gasteiger partial charge in [-0.3, -0.25) is 4.90 Å². The molecule has 1 aromatic rings. The van der Waals surface area contributed by atoms with E-state index in [-0.39, 0.29) is 6.03 Å². The van der Waals surface area contributed by atoms with Crippen LogP contribution in [0.2, 0.25) is 0 Å². The fourth-order valence-electron chi connectivity index (χ4n) is 2.73. The lowest BCUT2D eigenvalue weighted by Gasteiger charge is -2.35. The van der Waals surface area contributed by atoms with E-state index in [1.54, 1.807) is 7.11 Å². The number of urea groups is 1. The molecular formula is C18H29N3O2. The van der Waals surface area contributed by atoms with E-state index in [2.05, 4.69) is 24.1 Å². The number of hydrogen-bond acceptors (Lipinski definition) is 3. The molecule has 0 radical (unpaired) electrons. The minimum absolute atomic E-state index is 0.0441. The monoisotopic (exact) mass is 319 g/mol. The van der Waals surface area contributed by atoms with Gasteiger partial charge in [0.25, 0.3) is 0 Å². The molecule has 128 valence electrons. The normalized spacial score (nSPS) is 15.8. The van der Waals surface area contributed by atoms with Crippen LogP contribution in [0.1, 0.15) is 25.8 Å². The summed E-state index contributed by atoms with van der Waals surface area (Å²) in [5.41, 5.74) is 1.83. The molecule has 1 N–H and O–H groups in total. The van der Waals surface area contributed by atoms with Gasteiger partial charge in [-0.2, -0.15) is 0 Å². The number of rotatable bonds is 5. The predicted octanol–water partition coefficient (Wildman–Crippen LogP) is 3.20. The van der Waals surface area contributed by atoms with E-state index in [9.17, 15) is 4.79 Å². The summed E-state index contributed by atoms with van der Waals surface area (Å²) in [6, 6.07) is 5.75. The Morgan fingerprint density at radius 3 is 2.57 bits per heavy atom. The van der Waals surface area contributed by atoms with Crippen LogP contribution in [-0.4, -0.2) is 55.7 Å². The Hall–Kier alpha value is -1.75. The maximum Gasteiger partial charge on any atom is 0.322 e. The molecule has 1 aromatic carbocycles. The summed E-state index contributed by atoms with van der Waals surface area (Å²) < 4.78 is 5.32. The van der Waals surface area contributed by atoms with Gasteiger partial charge in [-0.15, -0.1) is 0 Å². The van der Waals surface area contributed by atoms with Gasteiger partial charge >= 0.3 is 6.03 Å². The number of methoxy groups -OCH3 is 1. The first-order valence-electron chi connectivity index (χ1n) is 8.42. The molecule has 0 aliphatic carbocycles. The Labute approximate surface area is 139 Å². The molecule has 1 heterocycles. The third-order valence-electron chi connectivity index (χ3n) is 4.28. The second-order valence-electron chi connectivity index (χ2n) is 6.65. The number of ether oxygens (including phenoxy) is 1. The zero-order chi connectivity index (χ0) is 16.8. The predicted molar refractivity (Wildman–Crippen MR) is 94.2 cm³/mol. The highest BCUT2D eigenvalue weighted by Gasteiger charge is 2.21. The van der Waals surface area contributed by atoms with E-state index >= 15 is 0 Å². The van der Waals surface area contributed by atoms with E-state index < -0.39 is 0 Å². The lowest BCUT2D eigenvalue weighted by molar-refractivity contribution is 0.143. The Bertz CT molecular complexity index is 523. The molecule has 23 heavy (non-hydrogen) atoms. The van der Waals surface area contributed by atoms with Crippen LogP contribution in [0.3, 0.4) is 0 Å². The van der Waals surface area contributed by atoms with Gasteiger partial charge in [-0.25, -0.2) is 4.79 Å². The molecule has 1 fully saturated rings. The van der Waals surface area contributed by atoms with Gasteiger partial charge in [0.1, 0.15) is 5.75 Å². The molecular weight excluding hydrogens is 290 g/mol. The molecule has 0 saturated carbocycles. The number of amides is 2. The SMILES string of the molecule is COc1ccc(C)cc1NC(=O)N1CCN(CCC(C)C)CC1. The Kier molecular flexibility index (Phi) is 6.28. The molecule has 1 aliphatic rings. The molecule has 0 bridgehead atoms. The third-order valence-corrected chi connectivity index (χ3v) is 4.28. The Balaban J connectivity index is 1.87. The average molecular weight is 319 g/mol. The minimum atomic E-state index is -0.0441. The van der Waals surface area contributed by atoms with Crippen LogP contribution >= 0.6 is 0 Å². The highest BCUT2D eigenvalue weighted by atomic mass is 16.5. The van der Waals surface area contributed by atoms with E-state index in [4.69, 9.17) is 4.74 Å². The van der Waals surface area contributed by atoms with Crippen molar-refractivity contribution in [2.75, 3.05) is 45.2 Å². The lowest BCUT2D eigenvalue weighted by Crippen LogP contribution is -2.50. The Morgan fingerprint density at radius 2 is 1.96 bits per heavy atom. The van der Waals surface area contributed by atoms with Crippen LogP contribution < -0.4 is 10.1 Å². The quantitative estimate of drug-likeness (QED) is 0.906. The van der Waals surface area contributed by atoms with Crippen molar-refractivity contribution in [2.24, 2.45) is 5.92 Å². The minimum Gasteiger partial charge on any atom is -0.495 e. The van der Waals surface area contributed by atoms with Crippen molar-refractivity contribution in [3.63, 3.8) is 0 Å². The molecule has 0 atom stereocenters. The molecule has 5 heteroatoms. The zero-order valence-electron chi connectivity index (χ0n) is 14.8. The number of nitrogens with one attached hydrogen (secondary N) is 1. The second kappa shape index (κ2) is 8.20. The topological polar surface area (TPSA) is 44.8 Å². The van der Waals surface area contributed by atoms with Gasteiger partial charge in [0.05, 0.1) is 12.8 Å². The highest BCUT2D eigenvalue weighted by molar-refractivity contribution is 5.91. The van der Waals surface area contributed by atoms with Crippen LogP contribution in [0.5, 0.6) is 5.75 Å². The molecule has 1 saturated heterocycles. The molecule has 1 aliphatic heterocycles. The van der Waals surface area contributed by atoms with Crippen LogP contribution in [-0.2, 0) is 0 Å². The van der Waals surface area contributed by atoms with Gasteiger partial charge in [0, 0.05) is 26.2 Å². The summed E-state index contributed by atoms with van der Waals surface area (Å²) in [5.74, 6) is 1.42. The largest absolute Gasteiger partial charge is 0.495 e. The zero-order valence-corrected chi connectivity index (χ0v) is 14.8. The fourth-order valence-corrected chi connectivity index (χ4v) is 2.73. The molecule has 2 amide bonds. The van der Waals surface area contributed by atoms with Crippen molar-refractivity contribution >= 4 is 11.7 Å². The van der Waals surface area contributed by atoms with Crippen LogP contribution in [0, 0.1) is 12.8 Å². The third kappa shape index (κ3) is 5.13. The standard InChI is InChI=1S/C18H29N3O2/c1-14(2)7-8-20-9-11-21(12-10-20)18(22)19-16-13-15(3)5-6-17(16)23-4/h5-6,13-14H,7-12H2,1-4H3,(H,19,22). The van der Waals surface area contributed by atoms with Gasteiger partial charge in [-0.05, 0) is 43.5 Å². The maximum absolute atomic E-state index is 12.5. The average Bonchev–Trinajstić information content (AvgIpc) is 2.53. The molecule has 0 spiro atoms. The first-order chi connectivity index (χ1) is 11.0. The van der Waals surface area contributed by atoms with Crippen LogP contribution in [0.25, 0.3) is 0 Å². The van der Waals surface area contributed by atoms with Crippen LogP contribution in [0.15, 0.2) is 18.2 Å². The highest BCUT2D eigenvalue weighted by Crippen LogP contribution is 2.25. The van der Waals surface area contributed by atoms with Crippen molar-refractivity contribution < 1.29 is 9.53 Å². The molecule has 2 rings (SSSR count). The van der Waals surface area contributed by atoms with E-state index in [1.807, 2.05) is 30.0 Å². The number of aryl methyl sites for hydroxylation is 1. The smallest absolute Gasteiger partial charge is 0.322 e. The number of benzene rings is 1. The van der Waals surface area contributed by atoms with Crippen LogP contribution in [0.4, 0.5) is 10.5 Å². The summed E-state index contributed by atoms with van der Waals surface area (Å²) in [4.78, 5) is 16.8. The van der Waals surface area contributed by atoms with Gasteiger partial charge in [0.15, 0.2) is 0 Å². The molecule has 0 unspecified atom stereocenters. The van der Waals surface area contributed by atoms with E-state index in [0.717, 1.165) is 49.9 Å². The summed E-state index contributed by atoms with van der Waals surface area (Å²) in [5, 5.41) is 2.98. The summed E-state index contributed by atoms with van der Waals surface area (Å²) >= 11 is 0. The number of carbonyl (C=O) groups excluding carboxylic acids is 1. The fraction of sp³-hybridized carbons (Fsp3) is 0.611. The van der Waals surface area contributed by atoms with E-state index in [0.29, 0.717) is 5.75 Å². The van der Waals surface area contributed by atoms with Crippen molar-refractivity contribution in [1.29, 1.82) is 0 Å². The summed E-state index contributed by atoms with van der Waals surface area (Å²) in [6.07, 6.45) is 1.21. The number of carbonyl (C=O) groups is 1. The number of anilines is 1. The van der Waals surface area contributed by atoms with Crippen molar-refractivity contribution in [3.8, 4) is 5.75 Å². The van der Waals surface area contributed by atoms with Gasteiger partial charge in [0.2, 0.25) is 0 Å². The number of nitrogens with zero attached hydrogens (tertiary/aromatic N) is 2. The summed E-state index contributed by atoms with van der Waals surface area (Å²) in [7, 11) is 1.62. The first kappa shape index (κ1) is 17.6. The van der Waals surface area contributed by atoms with Gasteiger partial charge in [-0.1, -0.05) is 19.9 Å². The second-order valence-corrected chi connectivity index (χ2v) is 6.65. The molecule has 0 aromatic heterocycles. The van der Waals surface area contributed by atoms with Crippen molar-refractivity contribution in [3.05, 3.63) is 23.8 Å². The number of piperazine rings is 1. The summed E-state index contributed by atoms with van der Waals surface area (Å²) in [6.45, 7) is 11.1. The maximum atomic E-state index is 12.5. The number of hydrogen-bond donors (Lipinski definition) is 1. The molecule has 5 nitrogen and oxygen atoms in total. The van der Waals surface area contributed by atoms with Crippen molar-refractivity contribution in [1.82, 2.24) is 9.80 Å². The van der Waals surface area contributed by atoms with Gasteiger partial charge < -0.3 is 15.0 Å². The van der Waals surface area contributed by atoms with E-state index in [1.165, 1.54) is 6.42 Å². The van der Waals surface area contributed by atoms with Crippen molar-refractivity contribution in [2.45, 2.75) is 27.2 Å². The lowest BCUT2D eigenvalue weighted by atomic mass is 10.1. The first-order valence-corrected chi connectivity index (χ1v) is 8.42.